The van der Waals surface area contributed by atoms with Gasteiger partial charge in [-0.05, 0) is 30.3 Å². The Morgan fingerprint density at radius 2 is 2.05 bits per heavy atom. The molecule has 1 saturated carbocycles. The van der Waals surface area contributed by atoms with Crippen molar-refractivity contribution in [1.29, 1.82) is 0 Å². The Morgan fingerprint density at radius 1 is 1.38 bits per heavy atom. The van der Waals surface area contributed by atoms with Crippen LogP contribution in [0.4, 0.5) is 8.78 Å². The van der Waals surface area contributed by atoms with Gasteiger partial charge in [0.25, 0.3) is 5.92 Å². The van der Waals surface area contributed by atoms with Crippen LogP contribution in [0.3, 0.4) is 0 Å². The van der Waals surface area contributed by atoms with E-state index < -0.39 is 24.5 Å². The van der Waals surface area contributed by atoms with Gasteiger partial charge < -0.3 is 9.84 Å². The zero-order valence-corrected chi connectivity index (χ0v) is 10.9. The first-order valence-corrected chi connectivity index (χ1v) is 6.34. The van der Waals surface area contributed by atoms with Gasteiger partial charge in [-0.15, -0.1) is 0 Å². The number of hydrogen-bond acceptors (Lipinski definition) is 3. The number of benzene rings is 1. The quantitative estimate of drug-likeness (QED) is 0.920. The largest absolute Gasteiger partial charge is 0.482 e. The van der Waals surface area contributed by atoms with Crippen molar-refractivity contribution in [3.05, 3.63) is 36.5 Å². The molecule has 5 nitrogen and oxygen atoms in total. The van der Waals surface area contributed by atoms with Crippen LogP contribution in [-0.4, -0.2) is 33.4 Å². The second-order valence-corrected chi connectivity index (χ2v) is 4.87. The fourth-order valence-corrected chi connectivity index (χ4v) is 2.02. The topological polar surface area (TPSA) is 64.3 Å². The third kappa shape index (κ3) is 2.86. The van der Waals surface area contributed by atoms with E-state index in [4.69, 9.17) is 9.84 Å². The molecule has 1 aromatic carbocycles. The molecule has 0 radical (unpaired) electrons. The number of aromatic nitrogens is 2. The number of aliphatic carboxylic acids is 1. The first-order chi connectivity index (χ1) is 9.95. The zero-order valence-electron chi connectivity index (χ0n) is 10.9. The van der Waals surface area contributed by atoms with E-state index in [1.54, 1.807) is 30.3 Å². The molecule has 21 heavy (non-hydrogen) atoms. The van der Waals surface area contributed by atoms with Crippen molar-refractivity contribution < 1.29 is 23.4 Å². The van der Waals surface area contributed by atoms with E-state index >= 15 is 0 Å². The summed E-state index contributed by atoms with van der Waals surface area (Å²) in [5.74, 6) is -3.28. The Hall–Kier alpha value is -2.44. The fraction of sp³-hybridized carbons (Fsp3) is 0.286. The van der Waals surface area contributed by atoms with Gasteiger partial charge >= 0.3 is 5.97 Å². The van der Waals surface area contributed by atoms with E-state index in [1.165, 1.54) is 10.9 Å². The normalized spacial score (nSPS) is 19.2. The highest BCUT2D eigenvalue weighted by molar-refractivity contribution is 5.68. The van der Waals surface area contributed by atoms with E-state index in [1.807, 2.05) is 0 Å². The zero-order chi connectivity index (χ0) is 15.0. The van der Waals surface area contributed by atoms with Crippen LogP contribution >= 0.6 is 0 Å². The number of carboxylic acid groups (broad SMARTS) is 1. The maximum atomic E-state index is 13.0. The lowest BCUT2D eigenvalue weighted by atomic mass is 10.1. The number of carbonyl (C=O) groups is 1. The fourth-order valence-electron chi connectivity index (χ4n) is 2.02. The Balaban J connectivity index is 1.71. The standard InChI is InChI=1S/C14H12F2N2O3/c15-14(16)7-12(14)18-6-5-11(17-18)9-1-3-10(4-2-9)21-8-13(19)20/h1-6,12H,7-8H2,(H,19,20). The van der Waals surface area contributed by atoms with Crippen LogP contribution in [0.1, 0.15) is 12.5 Å². The molecular formula is C14H12F2N2O3. The van der Waals surface area contributed by atoms with Crippen LogP contribution in [0.25, 0.3) is 11.3 Å². The van der Waals surface area contributed by atoms with E-state index in [-0.39, 0.29) is 6.42 Å². The van der Waals surface area contributed by atoms with E-state index in [2.05, 4.69) is 5.10 Å². The maximum Gasteiger partial charge on any atom is 0.341 e. The number of alkyl halides is 2. The summed E-state index contributed by atoms with van der Waals surface area (Å²) < 4.78 is 32.2. The highest BCUT2D eigenvalue weighted by Crippen LogP contribution is 2.52. The molecule has 1 heterocycles. The van der Waals surface area contributed by atoms with Crippen molar-refractivity contribution in [2.75, 3.05) is 6.61 Å². The molecule has 0 bridgehead atoms. The number of hydrogen-bond donors (Lipinski definition) is 1. The summed E-state index contributed by atoms with van der Waals surface area (Å²) in [6.07, 6.45) is 1.37. The van der Waals surface area contributed by atoms with Crippen molar-refractivity contribution in [3.8, 4) is 17.0 Å². The lowest BCUT2D eigenvalue weighted by Gasteiger charge is -2.03. The average molecular weight is 294 g/mol. The molecule has 1 aliphatic rings. The minimum absolute atomic E-state index is 0.171. The van der Waals surface area contributed by atoms with E-state index in [0.717, 1.165) is 5.56 Å². The molecule has 110 valence electrons. The molecule has 1 unspecified atom stereocenters. The summed E-state index contributed by atoms with van der Waals surface area (Å²) >= 11 is 0. The van der Waals surface area contributed by atoms with Gasteiger partial charge in [0.1, 0.15) is 11.8 Å². The van der Waals surface area contributed by atoms with Gasteiger partial charge in [0, 0.05) is 18.2 Å². The molecule has 2 aromatic rings. The minimum Gasteiger partial charge on any atom is -0.482 e. The molecule has 7 heteroatoms. The molecule has 1 atom stereocenters. The molecule has 0 spiro atoms. The predicted octanol–water partition coefficient (Wildman–Crippen LogP) is 2.59. The Bertz CT molecular complexity index is 667. The van der Waals surface area contributed by atoms with Crippen LogP contribution in [0.15, 0.2) is 36.5 Å². The molecule has 3 rings (SSSR count). The van der Waals surface area contributed by atoms with Gasteiger partial charge in [0.2, 0.25) is 0 Å². The average Bonchev–Trinajstić information content (AvgIpc) is 2.89. The molecule has 1 aromatic heterocycles. The van der Waals surface area contributed by atoms with E-state index in [0.29, 0.717) is 11.4 Å². The SMILES string of the molecule is O=C(O)COc1ccc(-c2ccn(C3CC3(F)F)n2)cc1. The summed E-state index contributed by atoms with van der Waals surface area (Å²) in [5.41, 5.74) is 1.34. The van der Waals surface area contributed by atoms with Gasteiger partial charge in [-0.1, -0.05) is 0 Å². The number of ether oxygens (including phenoxy) is 1. The van der Waals surface area contributed by atoms with Crippen molar-refractivity contribution in [2.24, 2.45) is 0 Å². The highest BCUT2D eigenvalue weighted by Gasteiger charge is 2.59. The maximum absolute atomic E-state index is 13.0. The van der Waals surface area contributed by atoms with Crippen LogP contribution < -0.4 is 4.74 Å². The Morgan fingerprint density at radius 3 is 2.62 bits per heavy atom. The molecule has 1 fully saturated rings. The van der Waals surface area contributed by atoms with Gasteiger partial charge in [-0.2, -0.15) is 5.10 Å². The van der Waals surface area contributed by atoms with E-state index in [9.17, 15) is 13.6 Å². The molecule has 0 amide bonds. The number of rotatable bonds is 5. The lowest BCUT2D eigenvalue weighted by Crippen LogP contribution is -2.09. The molecule has 1 N–H and O–H groups in total. The van der Waals surface area contributed by atoms with Crippen molar-refractivity contribution in [3.63, 3.8) is 0 Å². The number of halogens is 2. The van der Waals surface area contributed by atoms with Gasteiger partial charge in [0.05, 0.1) is 5.69 Å². The summed E-state index contributed by atoms with van der Waals surface area (Å²) in [4.78, 5) is 10.4. The molecule has 0 aliphatic heterocycles. The second kappa shape index (κ2) is 4.83. The van der Waals surface area contributed by atoms with Crippen LogP contribution in [0, 0.1) is 0 Å². The lowest BCUT2D eigenvalue weighted by molar-refractivity contribution is -0.139. The smallest absolute Gasteiger partial charge is 0.341 e. The number of carboxylic acids is 1. The first kappa shape index (κ1) is 13.5. The van der Waals surface area contributed by atoms with Gasteiger partial charge in [0.15, 0.2) is 6.61 Å². The predicted molar refractivity (Wildman–Crippen MR) is 69.4 cm³/mol. The van der Waals surface area contributed by atoms with Crippen molar-refractivity contribution >= 4 is 5.97 Å². The monoisotopic (exact) mass is 294 g/mol. The molecule has 1 aliphatic carbocycles. The third-order valence-corrected chi connectivity index (χ3v) is 3.23. The second-order valence-electron chi connectivity index (χ2n) is 4.87. The van der Waals surface area contributed by atoms with Gasteiger partial charge in [-0.25, -0.2) is 13.6 Å². The highest BCUT2D eigenvalue weighted by atomic mass is 19.3. The third-order valence-electron chi connectivity index (χ3n) is 3.23. The summed E-state index contributed by atoms with van der Waals surface area (Å²) in [6.45, 7) is -0.412. The molecule has 0 saturated heterocycles. The van der Waals surface area contributed by atoms with Crippen LogP contribution in [0.2, 0.25) is 0 Å². The Labute approximate surface area is 118 Å². The minimum atomic E-state index is -2.65. The summed E-state index contributed by atoms with van der Waals surface area (Å²) in [5, 5.41) is 12.7. The van der Waals surface area contributed by atoms with Crippen LogP contribution in [-0.2, 0) is 4.79 Å². The van der Waals surface area contributed by atoms with Crippen molar-refractivity contribution in [2.45, 2.75) is 18.4 Å². The van der Waals surface area contributed by atoms with Gasteiger partial charge in [-0.3, -0.25) is 4.68 Å². The molecular weight excluding hydrogens is 282 g/mol. The van der Waals surface area contributed by atoms with Crippen molar-refractivity contribution in [1.82, 2.24) is 9.78 Å². The Kier molecular flexibility index (Phi) is 3.12. The summed E-state index contributed by atoms with van der Waals surface area (Å²) in [6, 6.07) is 7.46. The summed E-state index contributed by atoms with van der Waals surface area (Å²) in [7, 11) is 0. The number of nitrogens with zero attached hydrogens (tertiary/aromatic N) is 2. The van der Waals surface area contributed by atoms with Crippen LogP contribution in [0.5, 0.6) is 5.75 Å². The first-order valence-electron chi connectivity index (χ1n) is 6.34.